The van der Waals surface area contributed by atoms with Gasteiger partial charge in [0, 0.05) is 5.54 Å². The highest BCUT2D eigenvalue weighted by atomic mass is 16.4. The van der Waals surface area contributed by atoms with Gasteiger partial charge >= 0.3 is 11.4 Å². The van der Waals surface area contributed by atoms with E-state index < -0.39 is 11.4 Å². The van der Waals surface area contributed by atoms with E-state index in [1.165, 1.54) is 0 Å². The maximum absolute atomic E-state index is 12.1. The van der Waals surface area contributed by atoms with Gasteiger partial charge in [-0.2, -0.15) is 0 Å². The summed E-state index contributed by atoms with van der Waals surface area (Å²) >= 11 is 0. The van der Waals surface area contributed by atoms with Gasteiger partial charge in [0.05, 0.1) is 10.9 Å². The second-order valence-corrected chi connectivity index (χ2v) is 6.34. The van der Waals surface area contributed by atoms with Crippen molar-refractivity contribution < 1.29 is 4.42 Å². The summed E-state index contributed by atoms with van der Waals surface area (Å²) in [6.45, 7) is 8.24. The van der Waals surface area contributed by atoms with Gasteiger partial charge in [0.15, 0.2) is 0 Å². The standard InChI is InChI=1S/C16H19NO3/c1-5-10-6-11-9(2)8-16(3,4)17-13(11)12(7-10)14(18)20-15(17)19/h6-7,9H,5,8H2,1-4H3. The molecule has 4 heteroatoms. The Morgan fingerprint density at radius 2 is 2.05 bits per heavy atom. The monoisotopic (exact) mass is 273 g/mol. The van der Waals surface area contributed by atoms with Crippen LogP contribution in [0.1, 0.15) is 51.2 Å². The van der Waals surface area contributed by atoms with E-state index in [0.29, 0.717) is 11.3 Å². The Bertz CT molecular complexity index is 811. The van der Waals surface area contributed by atoms with Crippen molar-refractivity contribution in [2.45, 2.75) is 52.0 Å². The summed E-state index contributed by atoms with van der Waals surface area (Å²) in [5.74, 6) is -0.231. The molecule has 1 aromatic carbocycles. The molecule has 106 valence electrons. The van der Waals surface area contributed by atoms with Crippen LogP contribution in [-0.4, -0.2) is 4.57 Å². The molecule has 2 heterocycles. The highest BCUT2D eigenvalue weighted by Crippen LogP contribution is 2.39. The SMILES string of the molecule is CCc1cc2c3c(c1)c(=O)oc(=O)n3C(C)(C)CC2C. The molecule has 0 saturated carbocycles. The minimum Gasteiger partial charge on any atom is -0.372 e. The van der Waals surface area contributed by atoms with Crippen molar-refractivity contribution in [2.75, 3.05) is 0 Å². The predicted octanol–water partition coefficient (Wildman–Crippen LogP) is 2.76. The Labute approximate surface area is 117 Å². The summed E-state index contributed by atoms with van der Waals surface area (Å²) < 4.78 is 6.57. The van der Waals surface area contributed by atoms with Gasteiger partial charge in [0.1, 0.15) is 0 Å². The molecule has 1 atom stereocenters. The van der Waals surface area contributed by atoms with Crippen LogP contribution in [-0.2, 0) is 12.0 Å². The summed E-state index contributed by atoms with van der Waals surface area (Å²) in [5.41, 5.74) is 2.09. The third-order valence-corrected chi connectivity index (χ3v) is 4.36. The van der Waals surface area contributed by atoms with Gasteiger partial charge < -0.3 is 4.42 Å². The first-order valence-corrected chi connectivity index (χ1v) is 7.08. The molecule has 0 bridgehead atoms. The lowest BCUT2D eigenvalue weighted by atomic mass is 9.81. The zero-order valence-corrected chi connectivity index (χ0v) is 12.3. The second kappa shape index (κ2) is 4.08. The minimum atomic E-state index is -0.551. The molecular weight excluding hydrogens is 254 g/mol. The Morgan fingerprint density at radius 1 is 1.35 bits per heavy atom. The number of nitrogens with zero attached hydrogens (tertiary/aromatic N) is 1. The first-order chi connectivity index (χ1) is 9.35. The van der Waals surface area contributed by atoms with Crippen molar-refractivity contribution in [1.82, 2.24) is 4.57 Å². The molecule has 0 N–H and O–H groups in total. The fourth-order valence-corrected chi connectivity index (χ4v) is 3.48. The van der Waals surface area contributed by atoms with Crippen molar-refractivity contribution in [1.29, 1.82) is 0 Å². The summed E-state index contributed by atoms with van der Waals surface area (Å²) in [7, 11) is 0. The van der Waals surface area contributed by atoms with Crippen LogP contribution in [0.4, 0.5) is 0 Å². The van der Waals surface area contributed by atoms with Crippen LogP contribution in [0.5, 0.6) is 0 Å². The van der Waals surface area contributed by atoms with Crippen molar-refractivity contribution >= 4 is 10.9 Å². The third-order valence-electron chi connectivity index (χ3n) is 4.36. The summed E-state index contributed by atoms with van der Waals surface area (Å²) in [6, 6.07) is 3.98. The molecule has 1 aromatic heterocycles. The molecule has 1 aliphatic heterocycles. The molecule has 4 nitrogen and oxygen atoms in total. The number of hydrogen-bond donors (Lipinski definition) is 0. The Kier molecular flexibility index (Phi) is 2.68. The molecule has 0 saturated heterocycles. The van der Waals surface area contributed by atoms with Crippen LogP contribution in [0.2, 0.25) is 0 Å². The van der Waals surface area contributed by atoms with E-state index in [2.05, 4.69) is 19.9 Å². The van der Waals surface area contributed by atoms with E-state index in [-0.39, 0.29) is 5.54 Å². The van der Waals surface area contributed by atoms with Gasteiger partial charge in [0.2, 0.25) is 0 Å². The summed E-state index contributed by atoms with van der Waals surface area (Å²) in [6.07, 6.45) is 1.72. The van der Waals surface area contributed by atoms with Crippen LogP contribution >= 0.6 is 0 Å². The lowest BCUT2D eigenvalue weighted by Gasteiger charge is -2.37. The second-order valence-electron chi connectivity index (χ2n) is 6.34. The Morgan fingerprint density at radius 3 is 2.70 bits per heavy atom. The van der Waals surface area contributed by atoms with Crippen molar-refractivity contribution in [3.63, 3.8) is 0 Å². The van der Waals surface area contributed by atoms with Gasteiger partial charge in [-0.1, -0.05) is 19.9 Å². The molecular formula is C16H19NO3. The lowest BCUT2D eigenvalue weighted by Crippen LogP contribution is -2.42. The molecule has 3 rings (SSSR count). The average molecular weight is 273 g/mol. The van der Waals surface area contributed by atoms with E-state index in [1.807, 2.05) is 19.9 Å². The van der Waals surface area contributed by atoms with Crippen LogP contribution in [0.15, 0.2) is 26.1 Å². The van der Waals surface area contributed by atoms with Crippen LogP contribution in [0, 0.1) is 0 Å². The Balaban J connectivity index is 2.60. The molecule has 2 aromatic rings. The topological polar surface area (TPSA) is 52.2 Å². The van der Waals surface area contributed by atoms with Gasteiger partial charge in [0.25, 0.3) is 0 Å². The highest BCUT2D eigenvalue weighted by Gasteiger charge is 2.34. The van der Waals surface area contributed by atoms with Crippen LogP contribution in [0.25, 0.3) is 10.9 Å². The van der Waals surface area contributed by atoms with E-state index >= 15 is 0 Å². The molecule has 0 spiro atoms. The molecule has 0 fully saturated rings. The maximum atomic E-state index is 12.1. The first kappa shape index (κ1) is 13.2. The normalized spacial score (nSPS) is 20.3. The van der Waals surface area contributed by atoms with Crippen molar-refractivity contribution in [3.8, 4) is 0 Å². The summed E-state index contributed by atoms with van der Waals surface area (Å²) in [4.78, 5) is 24.2. The number of benzene rings is 1. The van der Waals surface area contributed by atoms with Crippen LogP contribution in [0.3, 0.4) is 0 Å². The zero-order chi connectivity index (χ0) is 14.7. The van der Waals surface area contributed by atoms with Crippen LogP contribution < -0.4 is 11.4 Å². The minimum absolute atomic E-state index is 0.320. The number of aryl methyl sites for hydroxylation is 1. The molecule has 0 aliphatic carbocycles. The molecule has 1 unspecified atom stereocenters. The molecule has 0 amide bonds. The van der Waals surface area contributed by atoms with E-state index in [1.54, 1.807) is 4.57 Å². The largest absolute Gasteiger partial charge is 0.422 e. The van der Waals surface area contributed by atoms with Gasteiger partial charge in [-0.25, -0.2) is 9.59 Å². The Hall–Kier alpha value is -1.84. The fourth-order valence-electron chi connectivity index (χ4n) is 3.48. The third kappa shape index (κ3) is 1.67. The number of rotatable bonds is 1. The number of aromatic nitrogens is 1. The summed E-state index contributed by atoms with van der Waals surface area (Å²) in [5, 5.41) is 0.526. The first-order valence-electron chi connectivity index (χ1n) is 7.08. The molecule has 20 heavy (non-hydrogen) atoms. The van der Waals surface area contributed by atoms with Gasteiger partial charge in [-0.3, -0.25) is 4.57 Å². The zero-order valence-electron chi connectivity index (χ0n) is 12.3. The molecule has 0 radical (unpaired) electrons. The predicted molar refractivity (Wildman–Crippen MR) is 78.5 cm³/mol. The maximum Gasteiger partial charge on any atom is 0.422 e. The fraction of sp³-hybridized carbons (Fsp3) is 0.500. The quantitative estimate of drug-likeness (QED) is 0.802. The smallest absolute Gasteiger partial charge is 0.372 e. The van der Waals surface area contributed by atoms with Gasteiger partial charge in [-0.15, -0.1) is 0 Å². The average Bonchev–Trinajstić information content (AvgIpc) is 2.35. The lowest BCUT2D eigenvalue weighted by molar-refractivity contribution is 0.256. The van der Waals surface area contributed by atoms with E-state index in [0.717, 1.165) is 29.5 Å². The molecule has 1 aliphatic rings. The highest BCUT2D eigenvalue weighted by molar-refractivity contribution is 5.83. The van der Waals surface area contributed by atoms with E-state index in [4.69, 9.17) is 4.42 Å². The van der Waals surface area contributed by atoms with E-state index in [9.17, 15) is 9.59 Å². The van der Waals surface area contributed by atoms with Crippen molar-refractivity contribution in [3.05, 3.63) is 44.2 Å². The number of hydrogen-bond acceptors (Lipinski definition) is 3. The van der Waals surface area contributed by atoms with Gasteiger partial charge in [-0.05, 0) is 49.8 Å². The van der Waals surface area contributed by atoms with Crippen molar-refractivity contribution in [2.24, 2.45) is 0 Å².